The van der Waals surface area contributed by atoms with Crippen LogP contribution in [0.15, 0.2) is 46.3 Å². The molecule has 27 heavy (non-hydrogen) atoms. The van der Waals surface area contributed by atoms with Gasteiger partial charge in [0.25, 0.3) is 5.69 Å². The lowest BCUT2D eigenvalue weighted by atomic mass is 10.2. The third-order valence-electron chi connectivity index (χ3n) is 4.59. The SMILES string of the molecule is O=[N+]([O-])c1ccc(CN2CCN(Cc3nc(-c4cccs4)no3)CC2)cc1. The van der Waals surface area contributed by atoms with Crippen LogP contribution in [0.5, 0.6) is 0 Å². The van der Waals surface area contributed by atoms with Crippen LogP contribution in [-0.4, -0.2) is 51.0 Å². The third-order valence-corrected chi connectivity index (χ3v) is 5.45. The summed E-state index contributed by atoms with van der Waals surface area (Å²) in [6, 6.07) is 10.7. The molecule has 9 heteroatoms. The van der Waals surface area contributed by atoms with Crippen molar-refractivity contribution < 1.29 is 9.45 Å². The minimum atomic E-state index is -0.371. The van der Waals surface area contributed by atoms with Crippen LogP contribution in [0, 0.1) is 10.1 Å². The molecule has 8 nitrogen and oxygen atoms in total. The zero-order valence-corrected chi connectivity index (χ0v) is 15.5. The molecule has 0 spiro atoms. The molecule has 1 aliphatic heterocycles. The molecule has 1 aliphatic rings. The van der Waals surface area contributed by atoms with Crippen molar-refractivity contribution in [1.82, 2.24) is 19.9 Å². The largest absolute Gasteiger partial charge is 0.338 e. The van der Waals surface area contributed by atoms with Gasteiger partial charge in [-0.3, -0.25) is 19.9 Å². The van der Waals surface area contributed by atoms with Gasteiger partial charge in [0, 0.05) is 44.9 Å². The van der Waals surface area contributed by atoms with Crippen LogP contribution >= 0.6 is 11.3 Å². The molecule has 0 saturated carbocycles. The fourth-order valence-electron chi connectivity index (χ4n) is 3.10. The third kappa shape index (κ3) is 4.38. The number of nitro groups is 1. The molecule has 0 atom stereocenters. The Kier molecular flexibility index (Phi) is 5.23. The first-order valence-electron chi connectivity index (χ1n) is 8.72. The monoisotopic (exact) mass is 385 g/mol. The molecule has 0 radical (unpaired) electrons. The van der Waals surface area contributed by atoms with Gasteiger partial charge in [-0.2, -0.15) is 4.98 Å². The highest BCUT2D eigenvalue weighted by Crippen LogP contribution is 2.22. The van der Waals surface area contributed by atoms with E-state index in [2.05, 4.69) is 19.9 Å². The molecule has 3 heterocycles. The normalized spacial score (nSPS) is 15.9. The van der Waals surface area contributed by atoms with Crippen LogP contribution in [0.4, 0.5) is 5.69 Å². The summed E-state index contributed by atoms with van der Waals surface area (Å²) in [6.45, 7) is 5.16. The Balaban J connectivity index is 1.27. The number of rotatable bonds is 6. The van der Waals surface area contributed by atoms with Crippen LogP contribution < -0.4 is 0 Å². The molecular formula is C18H19N5O3S. The second-order valence-electron chi connectivity index (χ2n) is 6.46. The quantitative estimate of drug-likeness (QED) is 0.476. The predicted molar refractivity (Wildman–Crippen MR) is 101 cm³/mol. The maximum absolute atomic E-state index is 10.7. The van der Waals surface area contributed by atoms with E-state index in [1.54, 1.807) is 23.5 Å². The number of piperazine rings is 1. The number of thiophene rings is 1. The van der Waals surface area contributed by atoms with Gasteiger partial charge in [-0.15, -0.1) is 11.3 Å². The second-order valence-corrected chi connectivity index (χ2v) is 7.41. The summed E-state index contributed by atoms with van der Waals surface area (Å²) in [5.74, 6) is 1.29. The Labute approximate surface area is 160 Å². The molecule has 1 aromatic carbocycles. The topological polar surface area (TPSA) is 88.5 Å². The van der Waals surface area contributed by atoms with E-state index in [9.17, 15) is 10.1 Å². The fraction of sp³-hybridized carbons (Fsp3) is 0.333. The minimum Gasteiger partial charge on any atom is -0.338 e. The number of hydrogen-bond donors (Lipinski definition) is 0. The zero-order valence-electron chi connectivity index (χ0n) is 14.7. The molecular weight excluding hydrogens is 366 g/mol. The Morgan fingerprint density at radius 3 is 2.41 bits per heavy atom. The molecule has 140 valence electrons. The van der Waals surface area contributed by atoms with Crippen molar-refractivity contribution in [3.05, 3.63) is 63.3 Å². The minimum absolute atomic E-state index is 0.130. The first-order chi connectivity index (χ1) is 13.2. The van der Waals surface area contributed by atoms with Crippen LogP contribution in [0.1, 0.15) is 11.5 Å². The predicted octanol–water partition coefficient (Wildman–Crippen LogP) is 3.02. The van der Waals surface area contributed by atoms with E-state index >= 15 is 0 Å². The summed E-state index contributed by atoms with van der Waals surface area (Å²) in [5, 5.41) is 16.8. The highest BCUT2D eigenvalue weighted by atomic mass is 32.1. The van der Waals surface area contributed by atoms with Crippen molar-refractivity contribution >= 4 is 17.0 Å². The standard InChI is InChI=1S/C18H19N5O3S/c24-23(25)15-5-3-14(4-6-15)12-21-7-9-22(10-8-21)13-17-19-18(20-26-17)16-2-1-11-27-16/h1-6,11H,7-10,12-13H2. The first kappa shape index (κ1) is 17.8. The van der Waals surface area contributed by atoms with E-state index < -0.39 is 0 Å². The van der Waals surface area contributed by atoms with Crippen LogP contribution in [0.2, 0.25) is 0 Å². The average Bonchev–Trinajstić information content (AvgIpc) is 3.35. The summed E-state index contributed by atoms with van der Waals surface area (Å²) in [5.41, 5.74) is 1.22. The lowest BCUT2D eigenvalue weighted by molar-refractivity contribution is -0.384. The summed E-state index contributed by atoms with van der Waals surface area (Å²) >= 11 is 1.60. The van der Waals surface area contributed by atoms with Crippen molar-refractivity contribution in [1.29, 1.82) is 0 Å². The van der Waals surface area contributed by atoms with Crippen LogP contribution in [0.3, 0.4) is 0 Å². The van der Waals surface area contributed by atoms with Gasteiger partial charge in [0.1, 0.15) is 0 Å². The van der Waals surface area contributed by atoms with E-state index in [1.807, 2.05) is 29.6 Å². The Bertz CT molecular complexity index is 886. The number of non-ortho nitro benzene ring substituents is 1. The van der Waals surface area contributed by atoms with Gasteiger partial charge in [0.05, 0.1) is 16.3 Å². The molecule has 3 aromatic rings. The van der Waals surface area contributed by atoms with E-state index in [1.165, 1.54) is 0 Å². The molecule has 0 N–H and O–H groups in total. The first-order valence-corrected chi connectivity index (χ1v) is 9.60. The summed E-state index contributed by atoms with van der Waals surface area (Å²) in [7, 11) is 0. The average molecular weight is 385 g/mol. The lowest BCUT2D eigenvalue weighted by Crippen LogP contribution is -2.45. The van der Waals surface area contributed by atoms with Gasteiger partial charge in [-0.1, -0.05) is 23.4 Å². The van der Waals surface area contributed by atoms with E-state index in [0.717, 1.165) is 43.2 Å². The maximum Gasteiger partial charge on any atom is 0.269 e. The number of benzene rings is 1. The van der Waals surface area contributed by atoms with Gasteiger partial charge in [0.2, 0.25) is 11.7 Å². The van der Waals surface area contributed by atoms with Crippen molar-refractivity contribution in [3.8, 4) is 10.7 Å². The van der Waals surface area contributed by atoms with Crippen molar-refractivity contribution in [2.45, 2.75) is 13.1 Å². The molecule has 0 aliphatic carbocycles. The van der Waals surface area contributed by atoms with Gasteiger partial charge in [0.15, 0.2) is 0 Å². The molecule has 2 aromatic heterocycles. The Morgan fingerprint density at radius 2 is 1.78 bits per heavy atom. The van der Waals surface area contributed by atoms with Gasteiger partial charge >= 0.3 is 0 Å². The van der Waals surface area contributed by atoms with Gasteiger partial charge < -0.3 is 4.52 Å². The highest BCUT2D eigenvalue weighted by molar-refractivity contribution is 7.13. The summed E-state index contributed by atoms with van der Waals surface area (Å²) in [6.07, 6.45) is 0. The smallest absolute Gasteiger partial charge is 0.269 e. The number of aromatic nitrogens is 2. The van der Waals surface area contributed by atoms with Crippen molar-refractivity contribution in [3.63, 3.8) is 0 Å². The zero-order chi connectivity index (χ0) is 18.6. The molecule has 1 fully saturated rings. The highest BCUT2D eigenvalue weighted by Gasteiger charge is 2.20. The molecule has 0 bridgehead atoms. The maximum atomic E-state index is 10.7. The van der Waals surface area contributed by atoms with E-state index in [-0.39, 0.29) is 10.6 Å². The Hall–Kier alpha value is -2.62. The van der Waals surface area contributed by atoms with E-state index in [0.29, 0.717) is 18.3 Å². The molecule has 1 saturated heterocycles. The van der Waals surface area contributed by atoms with Crippen molar-refractivity contribution in [2.75, 3.05) is 26.2 Å². The summed E-state index contributed by atoms with van der Waals surface area (Å²) in [4.78, 5) is 20.5. The number of hydrogen-bond acceptors (Lipinski definition) is 8. The van der Waals surface area contributed by atoms with Crippen molar-refractivity contribution in [2.24, 2.45) is 0 Å². The second kappa shape index (κ2) is 7.95. The number of nitro benzene ring substituents is 1. The summed E-state index contributed by atoms with van der Waals surface area (Å²) < 4.78 is 5.38. The molecule has 0 unspecified atom stereocenters. The van der Waals surface area contributed by atoms with Gasteiger partial charge in [-0.05, 0) is 17.0 Å². The van der Waals surface area contributed by atoms with Crippen LogP contribution in [0.25, 0.3) is 10.7 Å². The van der Waals surface area contributed by atoms with Gasteiger partial charge in [-0.25, -0.2) is 0 Å². The Morgan fingerprint density at radius 1 is 1.07 bits per heavy atom. The fourth-order valence-corrected chi connectivity index (χ4v) is 3.75. The molecule has 0 amide bonds. The lowest BCUT2D eigenvalue weighted by Gasteiger charge is -2.33. The molecule has 4 rings (SSSR count). The number of nitrogens with zero attached hydrogens (tertiary/aromatic N) is 5. The van der Waals surface area contributed by atoms with E-state index in [4.69, 9.17) is 4.52 Å². The van der Waals surface area contributed by atoms with Crippen LogP contribution in [-0.2, 0) is 13.1 Å².